The summed E-state index contributed by atoms with van der Waals surface area (Å²) < 4.78 is 14.3. The molecule has 0 fully saturated rings. The molecule has 2 aromatic carbocycles. The van der Waals surface area contributed by atoms with Crippen LogP contribution in [0.3, 0.4) is 0 Å². The molecule has 3 N–H and O–H groups in total. The molecule has 1 aromatic heterocycles. The van der Waals surface area contributed by atoms with Crippen LogP contribution in [0, 0.1) is 15.9 Å². The van der Waals surface area contributed by atoms with E-state index >= 15 is 0 Å². The lowest BCUT2D eigenvalue weighted by Crippen LogP contribution is -1.94. The summed E-state index contributed by atoms with van der Waals surface area (Å²) in [4.78, 5) is 10.0. The molecule has 24 heavy (non-hydrogen) atoms. The zero-order valence-electron chi connectivity index (χ0n) is 11.8. The molecular formula is C14H9FN4O5. The zero-order chi connectivity index (χ0) is 17.4. The van der Waals surface area contributed by atoms with E-state index in [4.69, 9.17) is 0 Å². The van der Waals surface area contributed by atoms with Crippen molar-refractivity contribution >= 4 is 5.69 Å². The van der Waals surface area contributed by atoms with Gasteiger partial charge in [-0.05, 0) is 18.2 Å². The van der Waals surface area contributed by atoms with Crippen molar-refractivity contribution in [3.63, 3.8) is 0 Å². The number of aromatic nitrogens is 3. The zero-order valence-corrected chi connectivity index (χ0v) is 11.8. The van der Waals surface area contributed by atoms with Gasteiger partial charge in [-0.25, -0.2) is 9.07 Å². The van der Waals surface area contributed by atoms with Crippen LogP contribution >= 0.6 is 0 Å². The molecule has 3 rings (SSSR count). The largest absolute Gasteiger partial charge is 0.505 e. The minimum Gasteiger partial charge on any atom is -0.505 e. The van der Waals surface area contributed by atoms with Crippen molar-refractivity contribution in [1.82, 2.24) is 15.0 Å². The Morgan fingerprint density at radius 3 is 2.54 bits per heavy atom. The van der Waals surface area contributed by atoms with Gasteiger partial charge in [0.2, 0.25) is 5.75 Å². The molecule has 0 aliphatic rings. The molecule has 0 aliphatic heterocycles. The van der Waals surface area contributed by atoms with E-state index in [0.717, 1.165) is 24.3 Å². The lowest BCUT2D eigenvalue weighted by Gasteiger charge is -2.02. The van der Waals surface area contributed by atoms with E-state index in [1.807, 2.05) is 0 Å². The number of halogens is 1. The summed E-state index contributed by atoms with van der Waals surface area (Å²) >= 11 is 0. The molecule has 10 heteroatoms. The first-order valence-corrected chi connectivity index (χ1v) is 6.49. The quantitative estimate of drug-likeness (QED) is 0.380. The normalized spacial score (nSPS) is 10.7. The molecule has 0 saturated heterocycles. The Hall–Kier alpha value is -3.69. The third-order valence-corrected chi connectivity index (χ3v) is 3.25. The number of phenols is 3. The van der Waals surface area contributed by atoms with Gasteiger partial charge in [0.05, 0.1) is 16.8 Å². The van der Waals surface area contributed by atoms with Gasteiger partial charge in [-0.2, -0.15) is 0 Å². The number of aromatic hydroxyl groups is 3. The molecular weight excluding hydrogens is 323 g/mol. The highest BCUT2D eigenvalue weighted by atomic mass is 19.1. The Morgan fingerprint density at radius 2 is 1.88 bits per heavy atom. The Labute approximate surface area is 133 Å². The number of hydrogen-bond donors (Lipinski definition) is 3. The smallest absolute Gasteiger partial charge is 0.315 e. The number of nitro groups is 1. The van der Waals surface area contributed by atoms with Crippen LogP contribution in [-0.2, 0) is 0 Å². The van der Waals surface area contributed by atoms with E-state index in [1.165, 1.54) is 16.9 Å². The third kappa shape index (κ3) is 2.56. The van der Waals surface area contributed by atoms with Crippen molar-refractivity contribution in [3.05, 3.63) is 52.5 Å². The van der Waals surface area contributed by atoms with Gasteiger partial charge in [0, 0.05) is 17.7 Å². The Balaban J connectivity index is 2.05. The summed E-state index contributed by atoms with van der Waals surface area (Å²) in [6.07, 6.45) is 1.36. The van der Waals surface area contributed by atoms with Gasteiger partial charge in [0.25, 0.3) is 0 Å². The number of benzene rings is 2. The molecule has 0 radical (unpaired) electrons. The van der Waals surface area contributed by atoms with E-state index in [1.54, 1.807) is 0 Å². The van der Waals surface area contributed by atoms with Crippen LogP contribution in [0.2, 0.25) is 0 Å². The van der Waals surface area contributed by atoms with Crippen molar-refractivity contribution in [1.29, 1.82) is 0 Å². The van der Waals surface area contributed by atoms with E-state index in [-0.39, 0.29) is 11.3 Å². The third-order valence-electron chi connectivity index (χ3n) is 3.25. The summed E-state index contributed by atoms with van der Waals surface area (Å²) in [6, 6.07) is 5.66. The van der Waals surface area contributed by atoms with Gasteiger partial charge in [-0.1, -0.05) is 5.21 Å². The average molecular weight is 332 g/mol. The molecule has 9 nitrogen and oxygen atoms in total. The maximum absolute atomic E-state index is 13.1. The second kappa shape index (κ2) is 5.50. The first-order chi connectivity index (χ1) is 11.4. The molecule has 0 aliphatic carbocycles. The van der Waals surface area contributed by atoms with E-state index < -0.39 is 33.7 Å². The van der Waals surface area contributed by atoms with Crippen molar-refractivity contribution in [2.24, 2.45) is 0 Å². The highest BCUT2D eigenvalue weighted by Crippen LogP contribution is 2.38. The van der Waals surface area contributed by atoms with Gasteiger partial charge < -0.3 is 15.3 Å². The summed E-state index contributed by atoms with van der Waals surface area (Å²) in [7, 11) is 0. The molecule has 122 valence electrons. The average Bonchev–Trinajstić information content (AvgIpc) is 3.02. The summed E-state index contributed by atoms with van der Waals surface area (Å²) in [5, 5.41) is 46.9. The van der Waals surface area contributed by atoms with Gasteiger partial charge in [0.1, 0.15) is 5.69 Å². The topological polar surface area (TPSA) is 135 Å². The minimum atomic E-state index is -0.848. The maximum atomic E-state index is 13.1. The lowest BCUT2D eigenvalue weighted by atomic mass is 10.1. The fourth-order valence-corrected chi connectivity index (χ4v) is 2.06. The van der Waals surface area contributed by atoms with Gasteiger partial charge in [0.15, 0.2) is 17.3 Å². The fourth-order valence-electron chi connectivity index (χ4n) is 2.06. The summed E-state index contributed by atoms with van der Waals surface area (Å²) in [6.45, 7) is 0. The van der Waals surface area contributed by atoms with Gasteiger partial charge >= 0.3 is 5.69 Å². The van der Waals surface area contributed by atoms with E-state index in [9.17, 15) is 29.8 Å². The molecule has 3 aromatic rings. The van der Waals surface area contributed by atoms with Gasteiger partial charge in [-0.3, -0.25) is 10.1 Å². The monoisotopic (exact) mass is 332 g/mol. The van der Waals surface area contributed by atoms with Crippen LogP contribution in [0.25, 0.3) is 16.9 Å². The SMILES string of the molecule is O=[N+]([O-])c1cc(-c2cn(-c3ccc(F)c(O)c3)nn2)cc(O)c1O. The highest BCUT2D eigenvalue weighted by Gasteiger charge is 2.20. The predicted octanol–water partition coefficient (Wildman–Crippen LogP) is 2.10. The number of nitro benzene ring substituents is 1. The predicted molar refractivity (Wildman–Crippen MR) is 78.4 cm³/mol. The summed E-state index contributed by atoms with van der Waals surface area (Å²) in [5.41, 5.74) is -0.0593. The second-order valence-electron chi connectivity index (χ2n) is 4.80. The second-order valence-corrected chi connectivity index (χ2v) is 4.80. The standard InChI is InChI=1S/C14H9FN4O5/c15-9-2-1-8(5-12(9)20)18-6-10(16-17-18)7-3-11(19(23)24)14(22)13(21)4-7/h1-6,20-22H. The first-order valence-electron chi connectivity index (χ1n) is 6.49. The molecule has 0 bridgehead atoms. The first kappa shape index (κ1) is 15.2. The lowest BCUT2D eigenvalue weighted by molar-refractivity contribution is -0.385. The Bertz CT molecular complexity index is 956. The molecule has 0 unspecified atom stereocenters. The van der Waals surface area contributed by atoms with Crippen LogP contribution in [-0.4, -0.2) is 35.2 Å². The van der Waals surface area contributed by atoms with Crippen molar-refractivity contribution < 1.29 is 24.6 Å². The number of hydrogen-bond acceptors (Lipinski definition) is 7. The molecule has 1 heterocycles. The number of nitrogens with zero attached hydrogens (tertiary/aromatic N) is 4. The molecule has 0 spiro atoms. The number of phenolic OH excluding ortho intramolecular Hbond substituents is 3. The molecule has 0 saturated carbocycles. The Kier molecular flexibility index (Phi) is 3.49. The highest BCUT2D eigenvalue weighted by molar-refractivity contribution is 5.69. The minimum absolute atomic E-state index is 0.148. The van der Waals surface area contributed by atoms with E-state index in [0.29, 0.717) is 5.69 Å². The van der Waals surface area contributed by atoms with Gasteiger partial charge in [-0.15, -0.1) is 5.10 Å². The van der Waals surface area contributed by atoms with Crippen LogP contribution < -0.4 is 0 Å². The van der Waals surface area contributed by atoms with Crippen LogP contribution in [0.5, 0.6) is 17.2 Å². The van der Waals surface area contributed by atoms with Crippen LogP contribution in [0.15, 0.2) is 36.5 Å². The van der Waals surface area contributed by atoms with Crippen molar-refractivity contribution in [2.45, 2.75) is 0 Å². The molecule has 0 atom stereocenters. The summed E-state index contributed by atoms with van der Waals surface area (Å²) in [5.74, 6) is -2.88. The van der Waals surface area contributed by atoms with E-state index in [2.05, 4.69) is 10.3 Å². The van der Waals surface area contributed by atoms with Crippen molar-refractivity contribution in [2.75, 3.05) is 0 Å². The fraction of sp³-hybridized carbons (Fsp3) is 0. The molecule has 0 amide bonds. The van der Waals surface area contributed by atoms with Crippen LogP contribution in [0.4, 0.5) is 10.1 Å². The Morgan fingerprint density at radius 1 is 1.12 bits per heavy atom. The maximum Gasteiger partial charge on any atom is 0.315 e. The van der Waals surface area contributed by atoms with Crippen molar-refractivity contribution in [3.8, 4) is 34.2 Å². The van der Waals surface area contributed by atoms with Crippen LogP contribution in [0.1, 0.15) is 0 Å². The number of rotatable bonds is 3.